The summed E-state index contributed by atoms with van der Waals surface area (Å²) in [6, 6.07) is 17.6. The third kappa shape index (κ3) is 6.25. The summed E-state index contributed by atoms with van der Waals surface area (Å²) < 4.78 is 7.68. The highest BCUT2D eigenvalue weighted by Crippen LogP contribution is 2.41. The molecule has 0 aliphatic carbocycles. The van der Waals surface area contributed by atoms with Gasteiger partial charge >= 0.3 is 5.97 Å². The Hall–Kier alpha value is -2.92. The van der Waals surface area contributed by atoms with Crippen LogP contribution in [0, 0.1) is 19.3 Å². The molecule has 1 aliphatic heterocycles. The van der Waals surface area contributed by atoms with Crippen LogP contribution in [0.25, 0.3) is 0 Å². The lowest BCUT2D eigenvalue weighted by atomic mass is 9.70. The van der Waals surface area contributed by atoms with E-state index in [9.17, 15) is 4.79 Å². The van der Waals surface area contributed by atoms with Crippen LogP contribution in [-0.4, -0.2) is 40.1 Å². The van der Waals surface area contributed by atoms with Crippen molar-refractivity contribution in [2.75, 3.05) is 13.7 Å². The zero-order chi connectivity index (χ0) is 25.5. The number of likely N-dealkylation sites (tertiary alicyclic amines) is 1. The standard InChI is InChI=1S/C31H41N3O2/c1-5-6-13-28-19-31(30(35)36-4,18-26-11-7-9-24(2)16-26)14-15-33(28)22-29-20-32-23-34(29)21-27-12-8-10-25(3)17-27/h7-12,16-17,20,23,28H,5-6,13-15,18-19,21-22H2,1-4H3. The van der Waals surface area contributed by atoms with Crippen molar-refractivity contribution in [3.05, 3.63) is 89.0 Å². The fourth-order valence-corrected chi connectivity index (χ4v) is 5.84. The van der Waals surface area contributed by atoms with Gasteiger partial charge in [0.1, 0.15) is 0 Å². The van der Waals surface area contributed by atoms with Gasteiger partial charge in [-0.15, -0.1) is 0 Å². The van der Waals surface area contributed by atoms with E-state index < -0.39 is 5.41 Å². The number of piperidine rings is 1. The second kappa shape index (κ2) is 11.9. The maximum atomic E-state index is 13.3. The molecule has 1 aliphatic rings. The Bertz CT molecular complexity index is 1150. The van der Waals surface area contributed by atoms with Gasteiger partial charge < -0.3 is 9.30 Å². The van der Waals surface area contributed by atoms with Crippen LogP contribution in [0.2, 0.25) is 0 Å². The number of hydrogen-bond donors (Lipinski definition) is 0. The van der Waals surface area contributed by atoms with Gasteiger partial charge in [-0.25, -0.2) is 4.98 Å². The predicted octanol–water partition coefficient (Wildman–Crippen LogP) is 6.10. The minimum Gasteiger partial charge on any atom is -0.469 e. The molecule has 2 aromatic carbocycles. The SMILES string of the molecule is CCCCC1CC(Cc2cccc(C)c2)(C(=O)OC)CCN1Cc1cncn1Cc1cccc(C)c1. The summed E-state index contributed by atoms with van der Waals surface area (Å²) in [6.07, 6.45) is 9.73. The third-order valence-electron chi connectivity index (χ3n) is 7.75. The summed E-state index contributed by atoms with van der Waals surface area (Å²) in [5, 5.41) is 0. The number of aryl methyl sites for hydroxylation is 2. The van der Waals surface area contributed by atoms with E-state index >= 15 is 0 Å². The topological polar surface area (TPSA) is 47.4 Å². The molecule has 3 aromatic rings. The molecule has 2 atom stereocenters. The van der Waals surface area contributed by atoms with Crippen LogP contribution >= 0.6 is 0 Å². The first-order valence-corrected chi connectivity index (χ1v) is 13.3. The molecule has 5 nitrogen and oxygen atoms in total. The molecule has 0 saturated carbocycles. The number of ether oxygens (including phenoxy) is 1. The molecule has 2 heterocycles. The first-order valence-electron chi connectivity index (χ1n) is 13.3. The number of benzene rings is 2. The molecular formula is C31H41N3O2. The lowest BCUT2D eigenvalue weighted by molar-refractivity contribution is -0.157. The van der Waals surface area contributed by atoms with Gasteiger partial charge in [-0.05, 0) is 57.2 Å². The van der Waals surface area contributed by atoms with Gasteiger partial charge in [0.25, 0.3) is 0 Å². The third-order valence-corrected chi connectivity index (χ3v) is 7.75. The van der Waals surface area contributed by atoms with Crippen LogP contribution < -0.4 is 0 Å². The minimum atomic E-state index is -0.473. The van der Waals surface area contributed by atoms with E-state index in [-0.39, 0.29) is 5.97 Å². The zero-order valence-electron chi connectivity index (χ0n) is 22.4. The van der Waals surface area contributed by atoms with Crippen LogP contribution in [0.3, 0.4) is 0 Å². The Morgan fingerprint density at radius 1 is 1.08 bits per heavy atom. The van der Waals surface area contributed by atoms with E-state index in [1.54, 1.807) is 0 Å². The largest absolute Gasteiger partial charge is 0.469 e. The molecule has 1 saturated heterocycles. The molecule has 192 valence electrons. The van der Waals surface area contributed by atoms with E-state index in [0.717, 1.165) is 58.2 Å². The van der Waals surface area contributed by atoms with Gasteiger partial charge in [0.2, 0.25) is 0 Å². The number of rotatable bonds is 10. The number of carbonyl (C=O) groups excluding carboxylic acids is 1. The summed E-state index contributed by atoms with van der Waals surface area (Å²) >= 11 is 0. The number of aromatic nitrogens is 2. The van der Waals surface area contributed by atoms with Crippen molar-refractivity contribution in [2.45, 2.75) is 78.4 Å². The van der Waals surface area contributed by atoms with Crippen molar-refractivity contribution in [2.24, 2.45) is 5.41 Å². The second-order valence-electron chi connectivity index (χ2n) is 10.7. The smallest absolute Gasteiger partial charge is 0.312 e. The van der Waals surface area contributed by atoms with Gasteiger partial charge in [-0.1, -0.05) is 79.4 Å². The predicted molar refractivity (Wildman–Crippen MR) is 145 cm³/mol. The quantitative estimate of drug-likeness (QED) is 0.324. The molecule has 4 rings (SSSR count). The lowest BCUT2D eigenvalue weighted by Gasteiger charge is -2.45. The zero-order valence-corrected chi connectivity index (χ0v) is 22.4. The van der Waals surface area contributed by atoms with Crippen molar-refractivity contribution < 1.29 is 9.53 Å². The lowest BCUT2D eigenvalue weighted by Crippen LogP contribution is -2.51. The van der Waals surface area contributed by atoms with E-state index in [1.807, 2.05) is 12.5 Å². The molecule has 2 unspecified atom stereocenters. The van der Waals surface area contributed by atoms with Gasteiger partial charge in [-0.2, -0.15) is 0 Å². The fraction of sp³-hybridized carbons (Fsp3) is 0.484. The van der Waals surface area contributed by atoms with Crippen molar-refractivity contribution in [3.8, 4) is 0 Å². The summed E-state index contributed by atoms with van der Waals surface area (Å²) in [7, 11) is 1.54. The highest BCUT2D eigenvalue weighted by atomic mass is 16.5. The fourth-order valence-electron chi connectivity index (χ4n) is 5.84. The maximum absolute atomic E-state index is 13.3. The number of esters is 1. The Morgan fingerprint density at radius 3 is 2.50 bits per heavy atom. The molecule has 5 heteroatoms. The molecule has 0 spiro atoms. The molecule has 36 heavy (non-hydrogen) atoms. The number of carbonyl (C=O) groups is 1. The van der Waals surface area contributed by atoms with Crippen molar-refractivity contribution in [1.82, 2.24) is 14.5 Å². The van der Waals surface area contributed by atoms with E-state index in [2.05, 4.69) is 83.8 Å². The molecule has 0 radical (unpaired) electrons. The summed E-state index contributed by atoms with van der Waals surface area (Å²) in [5.41, 5.74) is 5.77. The number of imidazole rings is 1. The number of methoxy groups -OCH3 is 1. The monoisotopic (exact) mass is 487 g/mol. The highest BCUT2D eigenvalue weighted by Gasteiger charge is 2.46. The number of hydrogen-bond acceptors (Lipinski definition) is 4. The summed E-state index contributed by atoms with van der Waals surface area (Å²) in [4.78, 5) is 20.3. The maximum Gasteiger partial charge on any atom is 0.312 e. The Kier molecular flexibility index (Phi) is 8.63. The van der Waals surface area contributed by atoms with Gasteiger partial charge in [0.05, 0.1) is 24.5 Å². The van der Waals surface area contributed by atoms with E-state index in [0.29, 0.717) is 6.04 Å². The van der Waals surface area contributed by atoms with Gasteiger partial charge in [0, 0.05) is 25.3 Å². The van der Waals surface area contributed by atoms with Gasteiger partial charge in [0.15, 0.2) is 0 Å². The Labute approximate surface area is 216 Å². The van der Waals surface area contributed by atoms with Crippen molar-refractivity contribution >= 4 is 5.97 Å². The molecule has 0 bridgehead atoms. The molecular weight excluding hydrogens is 446 g/mol. The average Bonchev–Trinajstić information content (AvgIpc) is 3.29. The van der Waals surface area contributed by atoms with Crippen molar-refractivity contribution in [1.29, 1.82) is 0 Å². The number of unbranched alkanes of at least 4 members (excludes halogenated alkanes) is 1. The number of nitrogens with zero attached hydrogens (tertiary/aromatic N) is 3. The van der Waals surface area contributed by atoms with Crippen molar-refractivity contribution in [3.63, 3.8) is 0 Å². The summed E-state index contributed by atoms with van der Waals surface area (Å²) in [6.45, 7) is 9.04. The molecule has 0 amide bonds. The van der Waals surface area contributed by atoms with Crippen LogP contribution in [0.5, 0.6) is 0 Å². The van der Waals surface area contributed by atoms with E-state index in [1.165, 1.54) is 35.1 Å². The van der Waals surface area contributed by atoms with Crippen LogP contribution in [-0.2, 0) is 29.0 Å². The first kappa shape index (κ1) is 26.2. The Balaban J connectivity index is 1.54. The minimum absolute atomic E-state index is 0.0605. The summed E-state index contributed by atoms with van der Waals surface area (Å²) in [5.74, 6) is -0.0605. The second-order valence-corrected chi connectivity index (χ2v) is 10.7. The Morgan fingerprint density at radius 2 is 1.81 bits per heavy atom. The molecule has 1 fully saturated rings. The van der Waals surface area contributed by atoms with E-state index in [4.69, 9.17) is 4.74 Å². The van der Waals surface area contributed by atoms with Crippen LogP contribution in [0.15, 0.2) is 61.1 Å². The normalized spacial score (nSPS) is 20.4. The van der Waals surface area contributed by atoms with Crippen LogP contribution in [0.4, 0.5) is 0 Å². The average molecular weight is 488 g/mol. The molecule has 0 N–H and O–H groups in total. The molecule has 1 aromatic heterocycles. The van der Waals surface area contributed by atoms with Crippen LogP contribution in [0.1, 0.15) is 67.0 Å². The van der Waals surface area contributed by atoms with Gasteiger partial charge in [-0.3, -0.25) is 9.69 Å². The first-order chi connectivity index (χ1) is 17.4. The highest BCUT2D eigenvalue weighted by molar-refractivity contribution is 5.77.